The number of aromatic nitrogens is 6. The summed E-state index contributed by atoms with van der Waals surface area (Å²) in [6.07, 6.45) is 0.410. The minimum atomic E-state index is -4.55. The molecule has 0 radical (unpaired) electrons. The van der Waals surface area contributed by atoms with Gasteiger partial charge in [0.2, 0.25) is 0 Å². The number of alkyl halides is 3. The van der Waals surface area contributed by atoms with E-state index >= 15 is 0 Å². The van der Waals surface area contributed by atoms with Gasteiger partial charge < -0.3 is 0 Å². The molecule has 0 spiro atoms. The van der Waals surface area contributed by atoms with Gasteiger partial charge in [-0.3, -0.25) is 24.0 Å². The first-order valence-electron chi connectivity index (χ1n) is 11.2. The van der Waals surface area contributed by atoms with Gasteiger partial charge in [0.15, 0.2) is 0 Å². The number of pyridine rings is 4. The van der Waals surface area contributed by atoms with Crippen LogP contribution in [-0.2, 0) is 13.2 Å². The van der Waals surface area contributed by atoms with Crippen LogP contribution in [0.2, 0.25) is 0 Å². The molecule has 0 saturated carbocycles. The molecule has 0 atom stereocenters. The summed E-state index contributed by atoms with van der Waals surface area (Å²) in [5.41, 5.74) is 2.95. The fourth-order valence-corrected chi connectivity index (χ4v) is 4.33. The number of rotatable bonds is 3. The van der Waals surface area contributed by atoms with Gasteiger partial charge in [-0.1, -0.05) is 6.07 Å². The van der Waals surface area contributed by atoms with Crippen LogP contribution >= 0.6 is 0 Å². The molecule has 0 aliphatic rings. The third kappa shape index (κ3) is 3.92. The van der Waals surface area contributed by atoms with E-state index in [-0.39, 0.29) is 5.69 Å². The molecule has 1 aromatic carbocycles. The van der Waals surface area contributed by atoms with Crippen LogP contribution in [0.5, 0.6) is 0 Å². The van der Waals surface area contributed by atoms with Crippen molar-refractivity contribution in [3.05, 3.63) is 101 Å². The van der Waals surface area contributed by atoms with Crippen molar-refractivity contribution >= 4 is 21.9 Å². The summed E-state index contributed by atoms with van der Waals surface area (Å²) in [5, 5.41) is 4.73. The van der Waals surface area contributed by atoms with E-state index in [2.05, 4.69) is 15.1 Å². The number of fused-ring (bicyclic) bond motifs is 3. The van der Waals surface area contributed by atoms with E-state index in [1.54, 1.807) is 41.5 Å². The van der Waals surface area contributed by atoms with Crippen molar-refractivity contribution in [2.75, 3.05) is 0 Å². The Bertz CT molecular complexity index is 1860. The summed E-state index contributed by atoms with van der Waals surface area (Å²) < 4.78 is 43.2. The van der Waals surface area contributed by atoms with Crippen LogP contribution in [0.25, 0.3) is 50.3 Å². The molecule has 0 aliphatic carbocycles. The van der Waals surface area contributed by atoms with Gasteiger partial charge in [0.05, 0.1) is 33.7 Å². The highest BCUT2D eigenvalue weighted by Gasteiger charge is 2.30. The maximum absolute atomic E-state index is 13.4. The fraction of sp³-hybridized carbons (Fsp3) is 0.0741. The number of aryl methyl sites for hydroxylation is 1. The molecule has 0 fully saturated rings. The molecule has 0 N–H and O–H groups in total. The second kappa shape index (κ2) is 8.37. The number of benzene rings is 1. The van der Waals surface area contributed by atoms with Gasteiger partial charge in [0.1, 0.15) is 5.52 Å². The third-order valence-electron chi connectivity index (χ3n) is 6.14. The van der Waals surface area contributed by atoms with Crippen molar-refractivity contribution in [1.29, 1.82) is 0 Å². The first-order chi connectivity index (χ1) is 17.8. The standard InChI is InChI=1S/C27H17F3N6O/c1-35-23(11-12-33-35)21-7-5-16(14-31-21)20-8-9-22-25(34-20)26-17(15-32-22)6-10-24(37)36(26)19-4-2-3-18(13-19)27(28,29)30/h2-15H,1H3. The van der Waals surface area contributed by atoms with Gasteiger partial charge in [-0.05, 0) is 54.6 Å². The second-order valence-electron chi connectivity index (χ2n) is 8.45. The zero-order chi connectivity index (χ0) is 25.7. The number of nitrogens with zero attached hydrogens (tertiary/aromatic N) is 6. The van der Waals surface area contributed by atoms with Crippen molar-refractivity contribution in [2.24, 2.45) is 7.05 Å². The van der Waals surface area contributed by atoms with Gasteiger partial charge >= 0.3 is 6.18 Å². The van der Waals surface area contributed by atoms with E-state index < -0.39 is 17.3 Å². The quantitative estimate of drug-likeness (QED) is 0.305. The Labute approximate surface area is 207 Å². The molecule has 0 unspecified atom stereocenters. The lowest BCUT2D eigenvalue weighted by Gasteiger charge is -2.14. The molecule has 6 aromatic rings. The van der Waals surface area contributed by atoms with Gasteiger partial charge in [0.25, 0.3) is 5.56 Å². The molecule has 10 heteroatoms. The van der Waals surface area contributed by atoms with Gasteiger partial charge in [-0.2, -0.15) is 18.3 Å². The second-order valence-corrected chi connectivity index (χ2v) is 8.45. The van der Waals surface area contributed by atoms with Gasteiger partial charge in [-0.25, -0.2) is 4.98 Å². The van der Waals surface area contributed by atoms with Crippen LogP contribution in [-0.4, -0.2) is 29.3 Å². The van der Waals surface area contributed by atoms with Crippen LogP contribution in [0, 0.1) is 0 Å². The Kier molecular flexibility index (Phi) is 5.11. The van der Waals surface area contributed by atoms with Crippen LogP contribution in [0.4, 0.5) is 13.2 Å². The molecule has 7 nitrogen and oxygen atoms in total. The highest BCUT2D eigenvalue weighted by Crippen LogP contribution is 2.32. The van der Waals surface area contributed by atoms with Crippen molar-refractivity contribution in [1.82, 2.24) is 29.3 Å². The zero-order valence-corrected chi connectivity index (χ0v) is 19.3. The van der Waals surface area contributed by atoms with E-state index in [9.17, 15) is 18.0 Å². The number of hydrogen-bond donors (Lipinski definition) is 0. The molecular formula is C27H17F3N6O. The van der Waals surface area contributed by atoms with E-state index in [1.807, 2.05) is 25.2 Å². The minimum absolute atomic E-state index is 0.0901. The summed E-state index contributed by atoms with van der Waals surface area (Å²) in [7, 11) is 1.83. The normalized spacial score (nSPS) is 11.9. The Morgan fingerprint density at radius 1 is 0.865 bits per heavy atom. The monoisotopic (exact) mass is 498 g/mol. The highest BCUT2D eigenvalue weighted by atomic mass is 19.4. The molecule has 0 saturated heterocycles. The molecule has 37 heavy (non-hydrogen) atoms. The summed E-state index contributed by atoms with van der Waals surface area (Å²) in [6.45, 7) is 0. The maximum Gasteiger partial charge on any atom is 0.416 e. The molecule has 182 valence electrons. The van der Waals surface area contributed by atoms with E-state index in [4.69, 9.17) is 4.98 Å². The van der Waals surface area contributed by atoms with E-state index in [0.717, 1.165) is 29.1 Å². The number of hydrogen-bond acceptors (Lipinski definition) is 5. The predicted octanol–water partition coefficient (Wildman–Crippen LogP) is 5.42. The molecule has 5 aromatic heterocycles. The summed E-state index contributed by atoms with van der Waals surface area (Å²) >= 11 is 0. The lowest BCUT2D eigenvalue weighted by molar-refractivity contribution is -0.137. The van der Waals surface area contributed by atoms with Crippen LogP contribution < -0.4 is 5.56 Å². The van der Waals surface area contributed by atoms with Crippen molar-refractivity contribution in [2.45, 2.75) is 6.18 Å². The highest BCUT2D eigenvalue weighted by molar-refractivity contribution is 6.02. The largest absolute Gasteiger partial charge is 0.416 e. The smallest absolute Gasteiger partial charge is 0.275 e. The Hall–Kier alpha value is -4.86. The van der Waals surface area contributed by atoms with Crippen molar-refractivity contribution in [3.63, 3.8) is 0 Å². The summed E-state index contributed by atoms with van der Waals surface area (Å²) in [5.74, 6) is 0. The van der Waals surface area contributed by atoms with Crippen molar-refractivity contribution < 1.29 is 13.2 Å². The molecule has 0 aliphatic heterocycles. The number of halogens is 3. The SMILES string of the molecule is Cn1nccc1-c1ccc(-c2ccc3ncc4ccc(=O)n(-c5cccc(C(F)(F)F)c5)c4c3n2)cn1. The average Bonchev–Trinajstić information content (AvgIpc) is 3.33. The van der Waals surface area contributed by atoms with Gasteiger partial charge in [-0.15, -0.1) is 0 Å². The molecule has 0 bridgehead atoms. The van der Waals surface area contributed by atoms with Crippen LogP contribution in [0.1, 0.15) is 5.56 Å². The van der Waals surface area contributed by atoms with Crippen LogP contribution in [0.15, 0.2) is 90.1 Å². The topological polar surface area (TPSA) is 78.5 Å². The van der Waals surface area contributed by atoms with E-state index in [0.29, 0.717) is 27.6 Å². The minimum Gasteiger partial charge on any atom is -0.275 e. The van der Waals surface area contributed by atoms with Crippen molar-refractivity contribution in [3.8, 4) is 28.3 Å². The molecule has 5 heterocycles. The van der Waals surface area contributed by atoms with Crippen LogP contribution in [0.3, 0.4) is 0 Å². The third-order valence-corrected chi connectivity index (χ3v) is 6.14. The maximum atomic E-state index is 13.4. The Balaban J connectivity index is 1.55. The fourth-order valence-electron chi connectivity index (χ4n) is 4.33. The summed E-state index contributed by atoms with van der Waals surface area (Å²) in [4.78, 5) is 26.7. The van der Waals surface area contributed by atoms with E-state index in [1.165, 1.54) is 22.8 Å². The van der Waals surface area contributed by atoms with Gasteiger partial charge in [0, 0.05) is 48.3 Å². The Morgan fingerprint density at radius 3 is 2.43 bits per heavy atom. The average molecular weight is 498 g/mol. The molecular weight excluding hydrogens is 481 g/mol. The molecule has 0 amide bonds. The zero-order valence-electron chi connectivity index (χ0n) is 19.3. The predicted molar refractivity (Wildman–Crippen MR) is 133 cm³/mol. The lowest BCUT2D eigenvalue weighted by Crippen LogP contribution is -2.18. The summed E-state index contributed by atoms with van der Waals surface area (Å²) in [6, 6.07) is 16.7. The lowest BCUT2D eigenvalue weighted by atomic mass is 10.1. The Morgan fingerprint density at radius 2 is 1.70 bits per heavy atom. The first kappa shape index (κ1) is 22.6. The molecule has 6 rings (SSSR count). The first-order valence-corrected chi connectivity index (χ1v) is 11.2.